The number of hydrogen-bond acceptors (Lipinski definition) is 2. The van der Waals surface area contributed by atoms with Gasteiger partial charge in [0.2, 0.25) is 0 Å². The van der Waals surface area contributed by atoms with Crippen LogP contribution in [0.5, 0.6) is 0 Å². The number of benzene rings is 1. The van der Waals surface area contributed by atoms with Crippen LogP contribution in [0.2, 0.25) is 0 Å². The predicted molar refractivity (Wildman–Crippen MR) is 66.7 cm³/mol. The molecule has 0 amide bonds. The molecule has 1 aromatic rings. The van der Waals surface area contributed by atoms with Gasteiger partial charge in [0.05, 0.1) is 6.61 Å². The summed E-state index contributed by atoms with van der Waals surface area (Å²) < 4.78 is 5.28. The third-order valence-electron chi connectivity index (χ3n) is 3.12. The fourth-order valence-corrected chi connectivity index (χ4v) is 2.26. The van der Waals surface area contributed by atoms with E-state index in [0.29, 0.717) is 0 Å². The second-order valence-corrected chi connectivity index (χ2v) is 4.33. The fourth-order valence-electron chi connectivity index (χ4n) is 2.26. The first-order valence-corrected chi connectivity index (χ1v) is 6.29. The van der Waals surface area contributed by atoms with E-state index in [9.17, 15) is 0 Å². The van der Waals surface area contributed by atoms with Crippen LogP contribution in [0.1, 0.15) is 30.0 Å². The van der Waals surface area contributed by atoms with Crippen LogP contribution in [0.4, 0.5) is 0 Å². The molecule has 0 saturated carbocycles. The van der Waals surface area contributed by atoms with E-state index in [0.717, 1.165) is 26.3 Å². The number of fused-ring (bicyclic) bond motifs is 1. The molecule has 88 valence electrons. The Bertz CT molecular complexity index is 336. The standard InChI is InChI=1S/C14H21NO/c1-2-16-9-8-15-11-12-6-7-13-4-3-5-14(13)10-12/h6-7,10,15H,2-5,8-9,11H2,1H3. The first-order valence-electron chi connectivity index (χ1n) is 6.29. The van der Waals surface area contributed by atoms with Gasteiger partial charge in [0, 0.05) is 19.7 Å². The molecule has 0 aromatic heterocycles. The third-order valence-corrected chi connectivity index (χ3v) is 3.12. The van der Waals surface area contributed by atoms with Crippen molar-refractivity contribution >= 4 is 0 Å². The summed E-state index contributed by atoms with van der Waals surface area (Å²) in [7, 11) is 0. The Labute approximate surface area is 98.0 Å². The van der Waals surface area contributed by atoms with E-state index < -0.39 is 0 Å². The molecule has 2 nitrogen and oxygen atoms in total. The molecular formula is C14H21NO. The number of rotatable bonds is 6. The van der Waals surface area contributed by atoms with E-state index in [1.165, 1.54) is 24.8 Å². The Kier molecular flexibility index (Phi) is 4.37. The van der Waals surface area contributed by atoms with Gasteiger partial charge in [-0.05, 0) is 42.9 Å². The van der Waals surface area contributed by atoms with Crippen LogP contribution in [0.3, 0.4) is 0 Å². The molecule has 0 fully saturated rings. The Balaban J connectivity index is 1.77. The molecule has 0 radical (unpaired) electrons. The minimum atomic E-state index is 0.806. The van der Waals surface area contributed by atoms with Gasteiger partial charge in [0.25, 0.3) is 0 Å². The minimum absolute atomic E-state index is 0.806. The van der Waals surface area contributed by atoms with Crippen molar-refractivity contribution in [1.29, 1.82) is 0 Å². The maximum Gasteiger partial charge on any atom is 0.0590 e. The molecule has 0 unspecified atom stereocenters. The smallest absolute Gasteiger partial charge is 0.0590 e. The van der Waals surface area contributed by atoms with Crippen molar-refractivity contribution in [1.82, 2.24) is 5.32 Å². The van der Waals surface area contributed by atoms with Crippen molar-refractivity contribution in [3.8, 4) is 0 Å². The van der Waals surface area contributed by atoms with Crippen molar-refractivity contribution in [3.05, 3.63) is 34.9 Å². The van der Waals surface area contributed by atoms with Gasteiger partial charge >= 0.3 is 0 Å². The Morgan fingerprint density at radius 1 is 1.25 bits per heavy atom. The molecular weight excluding hydrogens is 198 g/mol. The van der Waals surface area contributed by atoms with Crippen LogP contribution in [0, 0.1) is 0 Å². The Morgan fingerprint density at radius 2 is 2.12 bits per heavy atom. The Hall–Kier alpha value is -0.860. The fraction of sp³-hybridized carbons (Fsp3) is 0.571. The maximum atomic E-state index is 5.28. The van der Waals surface area contributed by atoms with Gasteiger partial charge < -0.3 is 10.1 Å². The highest BCUT2D eigenvalue weighted by Gasteiger charge is 2.10. The summed E-state index contributed by atoms with van der Waals surface area (Å²) in [5.74, 6) is 0. The maximum absolute atomic E-state index is 5.28. The molecule has 1 N–H and O–H groups in total. The molecule has 16 heavy (non-hydrogen) atoms. The number of hydrogen-bond donors (Lipinski definition) is 1. The van der Waals surface area contributed by atoms with Gasteiger partial charge in [-0.15, -0.1) is 0 Å². The lowest BCUT2D eigenvalue weighted by Gasteiger charge is -2.07. The molecule has 2 rings (SSSR count). The second-order valence-electron chi connectivity index (χ2n) is 4.33. The summed E-state index contributed by atoms with van der Waals surface area (Å²) in [4.78, 5) is 0. The highest BCUT2D eigenvalue weighted by Crippen LogP contribution is 2.22. The van der Waals surface area contributed by atoms with E-state index in [4.69, 9.17) is 4.74 Å². The van der Waals surface area contributed by atoms with Gasteiger partial charge in [0.15, 0.2) is 0 Å². The summed E-state index contributed by atoms with van der Waals surface area (Å²) in [5.41, 5.74) is 4.51. The molecule has 2 heteroatoms. The third kappa shape index (κ3) is 3.06. The molecule has 0 saturated heterocycles. The molecule has 0 atom stereocenters. The molecule has 0 aliphatic heterocycles. The van der Waals surface area contributed by atoms with E-state index in [2.05, 4.69) is 23.5 Å². The average molecular weight is 219 g/mol. The number of ether oxygens (including phenoxy) is 1. The van der Waals surface area contributed by atoms with Crippen LogP contribution in [-0.2, 0) is 24.1 Å². The van der Waals surface area contributed by atoms with E-state index in [1.807, 2.05) is 6.92 Å². The molecule has 1 aliphatic rings. The average Bonchev–Trinajstić information content (AvgIpc) is 2.76. The molecule has 0 spiro atoms. The normalized spacial score (nSPS) is 14.1. The molecule has 1 aromatic carbocycles. The van der Waals surface area contributed by atoms with Crippen LogP contribution >= 0.6 is 0 Å². The van der Waals surface area contributed by atoms with Gasteiger partial charge in [-0.25, -0.2) is 0 Å². The summed E-state index contributed by atoms with van der Waals surface area (Å²) in [6, 6.07) is 6.90. The van der Waals surface area contributed by atoms with Crippen molar-refractivity contribution in [2.24, 2.45) is 0 Å². The largest absolute Gasteiger partial charge is 0.380 e. The van der Waals surface area contributed by atoms with E-state index in [-0.39, 0.29) is 0 Å². The van der Waals surface area contributed by atoms with Crippen LogP contribution < -0.4 is 5.32 Å². The topological polar surface area (TPSA) is 21.3 Å². The molecule has 0 bridgehead atoms. The van der Waals surface area contributed by atoms with Crippen molar-refractivity contribution in [2.45, 2.75) is 32.7 Å². The number of aryl methyl sites for hydroxylation is 2. The van der Waals surface area contributed by atoms with Crippen molar-refractivity contribution < 1.29 is 4.74 Å². The van der Waals surface area contributed by atoms with Gasteiger partial charge in [-0.1, -0.05) is 18.2 Å². The van der Waals surface area contributed by atoms with E-state index in [1.54, 1.807) is 11.1 Å². The zero-order valence-corrected chi connectivity index (χ0v) is 10.1. The number of nitrogens with one attached hydrogen (secondary N) is 1. The lowest BCUT2D eigenvalue weighted by atomic mass is 10.1. The second kappa shape index (κ2) is 6.02. The Morgan fingerprint density at radius 3 is 3.00 bits per heavy atom. The van der Waals surface area contributed by atoms with Crippen LogP contribution in [-0.4, -0.2) is 19.8 Å². The van der Waals surface area contributed by atoms with Gasteiger partial charge in [0.1, 0.15) is 0 Å². The zero-order valence-electron chi connectivity index (χ0n) is 10.1. The van der Waals surface area contributed by atoms with Gasteiger partial charge in [-0.2, -0.15) is 0 Å². The first kappa shape index (κ1) is 11.6. The molecule has 1 aliphatic carbocycles. The van der Waals surface area contributed by atoms with Gasteiger partial charge in [-0.3, -0.25) is 0 Å². The quantitative estimate of drug-likeness (QED) is 0.741. The highest BCUT2D eigenvalue weighted by atomic mass is 16.5. The molecule has 0 heterocycles. The predicted octanol–water partition coefficient (Wildman–Crippen LogP) is 2.30. The minimum Gasteiger partial charge on any atom is -0.380 e. The van der Waals surface area contributed by atoms with Crippen molar-refractivity contribution in [3.63, 3.8) is 0 Å². The first-order chi connectivity index (χ1) is 7.90. The summed E-state index contributed by atoms with van der Waals surface area (Å²) >= 11 is 0. The summed E-state index contributed by atoms with van der Waals surface area (Å²) in [6.45, 7) is 5.54. The lowest BCUT2D eigenvalue weighted by Crippen LogP contribution is -2.19. The van der Waals surface area contributed by atoms with E-state index >= 15 is 0 Å². The monoisotopic (exact) mass is 219 g/mol. The van der Waals surface area contributed by atoms with Crippen LogP contribution in [0.25, 0.3) is 0 Å². The summed E-state index contributed by atoms with van der Waals surface area (Å²) in [6.07, 6.45) is 3.87. The van der Waals surface area contributed by atoms with Crippen LogP contribution in [0.15, 0.2) is 18.2 Å². The highest BCUT2D eigenvalue weighted by molar-refractivity contribution is 5.35. The summed E-state index contributed by atoms with van der Waals surface area (Å²) in [5, 5.41) is 3.40. The lowest BCUT2D eigenvalue weighted by molar-refractivity contribution is 0.149. The van der Waals surface area contributed by atoms with Crippen molar-refractivity contribution in [2.75, 3.05) is 19.8 Å². The SMILES string of the molecule is CCOCCNCc1ccc2c(c1)CCC2. The zero-order chi connectivity index (χ0) is 11.2.